The van der Waals surface area contributed by atoms with E-state index in [0.717, 1.165) is 23.1 Å². The predicted octanol–water partition coefficient (Wildman–Crippen LogP) is 5.03. The molecule has 0 spiro atoms. The number of aromatic hydroxyl groups is 1. The second-order valence-corrected chi connectivity index (χ2v) is 7.14. The average molecular weight is 443 g/mol. The fourth-order valence-electron chi connectivity index (χ4n) is 3.51. The van der Waals surface area contributed by atoms with Crippen LogP contribution in [0, 0.1) is 10.1 Å². The van der Waals surface area contributed by atoms with Crippen LogP contribution in [0.25, 0.3) is 10.9 Å². The summed E-state index contributed by atoms with van der Waals surface area (Å²) in [5, 5.41) is 26.3. The minimum Gasteiger partial charge on any atom is -0.505 e. The smallest absolute Gasteiger partial charge is 0.373 e. The van der Waals surface area contributed by atoms with Gasteiger partial charge in [0.15, 0.2) is 0 Å². The van der Waals surface area contributed by atoms with Gasteiger partial charge in [-0.05, 0) is 47.9 Å². The van der Waals surface area contributed by atoms with Crippen molar-refractivity contribution in [3.63, 3.8) is 0 Å². The Bertz CT molecular complexity index is 1280. The molecule has 3 aromatic carbocycles. The first-order chi connectivity index (χ1) is 16.0. The van der Waals surface area contributed by atoms with Gasteiger partial charge in [0.05, 0.1) is 11.0 Å². The lowest BCUT2D eigenvalue weighted by molar-refractivity contribution is -0.384. The highest BCUT2D eigenvalue weighted by molar-refractivity contribution is 5.86. The molecule has 33 heavy (non-hydrogen) atoms. The van der Waals surface area contributed by atoms with Gasteiger partial charge in [0.2, 0.25) is 0 Å². The molecule has 8 nitrogen and oxygen atoms in total. The summed E-state index contributed by atoms with van der Waals surface area (Å²) in [7, 11) is 0. The minimum absolute atomic E-state index is 0.0224. The van der Waals surface area contributed by atoms with Crippen LogP contribution in [0.15, 0.2) is 79.0 Å². The molecular formula is C25H21N3O5. The van der Waals surface area contributed by atoms with Crippen molar-refractivity contribution in [2.45, 2.75) is 19.4 Å². The van der Waals surface area contributed by atoms with Crippen molar-refractivity contribution >= 4 is 28.4 Å². The zero-order valence-corrected chi connectivity index (χ0v) is 17.8. The van der Waals surface area contributed by atoms with Crippen LogP contribution in [0.5, 0.6) is 5.75 Å². The van der Waals surface area contributed by atoms with Gasteiger partial charge >= 0.3 is 6.15 Å². The molecule has 1 unspecified atom stereocenters. The van der Waals surface area contributed by atoms with E-state index in [-0.39, 0.29) is 17.6 Å². The van der Waals surface area contributed by atoms with Crippen LogP contribution < -0.4 is 5.32 Å². The van der Waals surface area contributed by atoms with E-state index in [1.807, 2.05) is 36.4 Å². The van der Waals surface area contributed by atoms with Crippen molar-refractivity contribution in [2.75, 3.05) is 5.32 Å². The molecule has 2 N–H and O–H groups in total. The number of aryl methyl sites for hydroxylation is 1. The fourth-order valence-corrected chi connectivity index (χ4v) is 3.51. The second-order valence-electron chi connectivity index (χ2n) is 7.14. The largest absolute Gasteiger partial charge is 0.505 e. The molecule has 0 aliphatic heterocycles. The van der Waals surface area contributed by atoms with E-state index in [9.17, 15) is 15.2 Å². The summed E-state index contributed by atoms with van der Waals surface area (Å²) < 4.78 is 0. The van der Waals surface area contributed by atoms with E-state index in [1.165, 1.54) is 17.7 Å². The Labute approximate surface area is 189 Å². The van der Waals surface area contributed by atoms with Crippen LogP contribution in [-0.2, 0) is 16.0 Å². The zero-order chi connectivity index (χ0) is 23.8. The molecule has 4 aromatic rings. The maximum atomic E-state index is 11.0. The Hall–Kier alpha value is -4.55. The molecule has 8 heteroatoms. The lowest BCUT2D eigenvalue weighted by atomic mass is 9.95. The molecule has 0 bridgehead atoms. The molecule has 0 amide bonds. The average Bonchev–Trinajstić information content (AvgIpc) is 2.84. The molecule has 166 valence electrons. The van der Waals surface area contributed by atoms with Crippen molar-refractivity contribution in [2.24, 2.45) is 0 Å². The first kappa shape index (κ1) is 23.1. The topological polar surface area (TPSA) is 122 Å². The molecule has 0 saturated heterocycles. The van der Waals surface area contributed by atoms with Gasteiger partial charge in [0, 0.05) is 35.0 Å². The van der Waals surface area contributed by atoms with Gasteiger partial charge in [-0.15, -0.1) is 0 Å². The van der Waals surface area contributed by atoms with Crippen molar-refractivity contribution in [3.8, 4) is 5.75 Å². The highest BCUT2D eigenvalue weighted by atomic mass is 16.6. The number of fused-ring (bicyclic) bond motifs is 1. The summed E-state index contributed by atoms with van der Waals surface area (Å²) in [4.78, 5) is 31.2. The summed E-state index contributed by atoms with van der Waals surface area (Å²) in [5.41, 5.74) is 4.10. The van der Waals surface area contributed by atoms with E-state index >= 15 is 0 Å². The number of nitro benzene ring substituents is 1. The van der Waals surface area contributed by atoms with Crippen LogP contribution in [0.4, 0.5) is 11.4 Å². The van der Waals surface area contributed by atoms with Gasteiger partial charge in [0.25, 0.3) is 5.69 Å². The number of phenols is 1. The number of rotatable bonds is 6. The number of aromatic nitrogens is 1. The Morgan fingerprint density at radius 3 is 2.30 bits per heavy atom. The van der Waals surface area contributed by atoms with Gasteiger partial charge in [-0.25, -0.2) is 0 Å². The van der Waals surface area contributed by atoms with Crippen LogP contribution in [0.1, 0.15) is 29.7 Å². The van der Waals surface area contributed by atoms with Gasteiger partial charge in [-0.1, -0.05) is 37.3 Å². The number of nitro groups is 1. The SMILES string of the molecule is CCc1ccc(NC(c2ccc([N+](=O)[O-])cc2)c2ccc3cccnc3c2O)cc1.O=C=O. The van der Waals surface area contributed by atoms with Crippen molar-refractivity contribution in [1.82, 2.24) is 4.98 Å². The summed E-state index contributed by atoms with van der Waals surface area (Å²) >= 11 is 0. The first-order valence-corrected chi connectivity index (χ1v) is 10.1. The summed E-state index contributed by atoms with van der Waals surface area (Å²) in [6.07, 6.45) is 2.84. The second kappa shape index (κ2) is 10.7. The number of phenolic OH excluding ortho intramolecular Hbond substituents is 1. The summed E-state index contributed by atoms with van der Waals surface area (Å²) in [6, 6.07) is 21.5. The van der Waals surface area contributed by atoms with Gasteiger partial charge < -0.3 is 10.4 Å². The number of non-ortho nitro benzene ring substituents is 1. The molecule has 0 fully saturated rings. The monoisotopic (exact) mass is 443 g/mol. The molecule has 0 saturated carbocycles. The highest BCUT2D eigenvalue weighted by Gasteiger charge is 2.21. The first-order valence-electron chi connectivity index (χ1n) is 10.1. The number of nitrogens with zero attached hydrogens (tertiary/aromatic N) is 2. The van der Waals surface area contributed by atoms with E-state index in [4.69, 9.17) is 9.59 Å². The minimum atomic E-state index is -0.424. The van der Waals surface area contributed by atoms with Crippen molar-refractivity contribution < 1.29 is 19.6 Å². The molecule has 0 aliphatic rings. The third-order valence-electron chi connectivity index (χ3n) is 5.20. The lowest BCUT2D eigenvalue weighted by Gasteiger charge is -2.22. The Morgan fingerprint density at radius 1 is 1.03 bits per heavy atom. The van der Waals surface area contributed by atoms with Gasteiger partial charge in [-0.3, -0.25) is 15.1 Å². The number of pyridine rings is 1. The van der Waals surface area contributed by atoms with Crippen molar-refractivity contribution in [3.05, 3.63) is 106 Å². The predicted molar refractivity (Wildman–Crippen MR) is 123 cm³/mol. The van der Waals surface area contributed by atoms with Gasteiger partial charge in [0.1, 0.15) is 11.3 Å². The van der Waals surface area contributed by atoms with E-state index < -0.39 is 11.0 Å². The van der Waals surface area contributed by atoms with E-state index in [2.05, 4.69) is 29.4 Å². The molecule has 4 rings (SSSR count). The number of anilines is 1. The number of nitrogens with one attached hydrogen (secondary N) is 1. The van der Waals surface area contributed by atoms with Crippen molar-refractivity contribution in [1.29, 1.82) is 0 Å². The molecule has 1 atom stereocenters. The molecule has 1 heterocycles. The van der Waals surface area contributed by atoms with Crippen LogP contribution in [-0.4, -0.2) is 21.2 Å². The maximum absolute atomic E-state index is 11.0. The lowest BCUT2D eigenvalue weighted by Crippen LogP contribution is -2.13. The third-order valence-corrected chi connectivity index (χ3v) is 5.20. The standard InChI is InChI=1S/C24H21N3O3.CO2/c1-2-16-5-10-19(11-6-16)26-22(18-7-12-20(13-8-18)27(29)30)21-14-9-17-4-3-15-25-23(17)24(21)28;2-1-3/h3-15,22,26,28H,2H2,1H3;. The number of hydrogen-bond donors (Lipinski definition) is 2. The molecule has 0 aliphatic carbocycles. The van der Waals surface area contributed by atoms with Crippen LogP contribution in [0.3, 0.4) is 0 Å². The molecule has 0 radical (unpaired) electrons. The van der Waals surface area contributed by atoms with E-state index in [1.54, 1.807) is 18.3 Å². The summed E-state index contributed by atoms with van der Waals surface area (Å²) in [5.74, 6) is 0.0918. The summed E-state index contributed by atoms with van der Waals surface area (Å²) in [6.45, 7) is 2.10. The van der Waals surface area contributed by atoms with Crippen LogP contribution >= 0.6 is 0 Å². The van der Waals surface area contributed by atoms with Crippen LogP contribution in [0.2, 0.25) is 0 Å². The maximum Gasteiger partial charge on any atom is 0.373 e. The zero-order valence-electron chi connectivity index (χ0n) is 17.8. The highest BCUT2D eigenvalue weighted by Crippen LogP contribution is 2.36. The fraction of sp³-hybridized carbons (Fsp3) is 0.120. The number of benzene rings is 3. The Kier molecular flexibility index (Phi) is 7.47. The molecular weight excluding hydrogens is 422 g/mol. The Morgan fingerprint density at radius 2 is 1.70 bits per heavy atom. The number of hydrogen-bond acceptors (Lipinski definition) is 7. The quantitative estimate of drug-likeness (QED) is 0.316. The normalized spacial score (nSPS) is 11.1. The molecule has 1 aromatic heterocycles. The van der Waals surface area contributed by atoms with E-state index in [0.29, 0.717) is 11.1 Å². The number of carbonyl (C=O) groups excluding carboxylic acids is 2. The Balaban J connectivity index is 0.000000968. The third kappa shape index (κ3) is 5.39. The van der Waals surface area contributed by atoms with Gasteiger partial charge in [-0.2, -0.15) is 9.59 Å².